The van der Waals surface area contributed by atoms with E-state index in [4.69, 9.17) is 0 Å². The Balaban J connectivity index is 2.26. The van der Waals surface area contributed by atoms with Crippen LogP contribution in [-0.2, 0) is 12.6 Å². The number of hydrogen-bond donors (Lipinski definition) is 0. The first-order chi connectivity index (χ1) is 10.5. The molecule has 0 aliphatic rings. The average molecular weight is 334 g/mol. The molecule has 2 aromatic rings. The van der Waals surface area contributed by atoms with Crippen molar-refractivity contribution in [3.05, 3.63) is 64.7 Å². The van der Waals surface area contributed by atoms with Crippen molar-refractivity contribution >= 4 is 0 Å². The predicted octanol–water partition coefficient (Wildman–Crippen LogP) is 5.50. The molecular formula is C16H12F6O. The monoisotopic (exact) mass is 334 g/mol. The molecule has 2 rings (SSSR count). The highest BCUT2D eigenvalue weighted by atomic mass is 19.4. The molecule has 2 aromatic carbocycles. The minimum absolute atomic E-state index is 0.0679. The van der Waals surface area contributed by atoms with E-state index in [1.165, 1.54) is 31.2 Å². The summed E-state index contributed by atoms with van der Waals surface area (Å²) in [4.78, 5) is 0. The van der Waals surface area contributed by atoms with E-state index in [9.17, 15) is 26.3 Å². The molecule has 0 radical (unpaired) electrons. The summed E-state index contributed by atoms with van der Waals surface area (Å²) in [5.74, 6) is -0.359. The lowest BCUT2D eigenvalue weighted by Gasteiger charge is -2.13. The van der Waals surface area contributed by atoms with Crippen LogP contribution in [0.4, 0.5) is 26.3 Å². The fraction of sp³-hybridized carbons (Fsp3) is 0.250. The molecule has 23 heavy (non-hydrogen) atoms. The summed E-state index contributed by atoms with van der Waals surface area (Å²) >= 11 is 0. The van der Waals surface area contributed by atoms with Crippen LogP contribution < -0.4 is 4.74 Å². The Morgan fingerprint density at radius 2 is 1.52 bits per heavy atom. The minimum Gasteiger partial charge on any atom is -0.406 e. The minimum atomic E-state index is -4.82. The molecule has 0 atom stereocenters. The van der Waals surface area contributed by atoms with Gasteiger partial charge in [-0.15, -0.1) is 13.2 Å². The normalized spacial score (nSPS) is 12.3. The lowest BCUT2D eigenvalue weighted by atomic mass is 10.0. The second-order valence-electron chi connectivity index (χ2n) is 5.02. The van der Waals surface area contributed by atoms with E-state index >= 15 is 0 Å². The molecule has 0 unspecified atom stereocenters. The van der Waals surface area contributed by atoms with Crippen LogP contribution in [0.5, 0.6) is 5.75 Å². The van der Waals surface area contributed by atoms with Crippen LogP contribution in [0.1, 0.15) is 22.3 Å². The molecule has 1 nitrogen and oxygen atoms in total. The van der Waals surface area contributed by atoms with Crippen molar-refractivity contribution in [1.29, 1.82) is 0 Å². The molecule has 0 bridgehead atoms. The summed E-state index contributed by atoms with van der Waals surface area (Å²) in [5.41, 5.74) is 0.264. The Kier molecular flexibility index (Phi) is 4.58. The fourth-order valence-electron chi connectivity index (χ4n) is 2.08. The third-order valence-corrected chi connectivity index (χ3v) is 3.14. The molecule has 0 heterocycles. The first kappa shape index (κ1) is 17.2. The molecule has 0 fully saturated rings. The Hall–Kier alpha value is -2.18. The predicted molar refractivity (Wildman–Crippen MR) is 72.1 cm³/mol. The molecule has 0 spiro atoms. The molecule has 7 heteroatoms. The van der Waals surface area contributed by atoms with Gasteiger partial charge in [-0.1, -0.05) is 30.3 Å². The van der Waals surface area contributed by atoms with E-state index in [0.717, 1.165) is 12.1 Å². The van der Waals surface area contributed by atoms with E-state index in [1.807, 2.05) is 0 Å². The lowest BCUT2D eigenvalue weighted by molar-refractivity contribution is -0.274. The van der Waals surface area contributed by atoms with Gasteiger partial charge in [0.2, 0.25) is 0 Å². The van der Waals surface area contributed by atoms with Gasteiger partial charge in [0.1, 0.15) is 5.75 Å². The SMILES string of the molecule is Cc1ccc(Cc2cccc(C(F)(F)F)c2)cc1OC(F)(F)F. The lowest BCUT2D eigenvalue weighted by Crippen LogP contribution is -2.17. The first-order valence-corrected chi connectivity index (χ1v) is 6.56. The van der Waals surface area contributed by atoms with Gasteiger partial charge in [-0.05, 0) is 42.2 Å². The highest BCUT2D eigenvalue weighted by Crippen LogP contribution is 2.31. The highest BCUT2D eigenvalue weighted by molar-refractivity contribution is 5.39. The summed E-state index contributed by atoms with van der Waals surface area (Å²) in [6.45, 7) is 1.45. The van der Waals surface area contributed by atoms with Crippen molar-refractivity contribution in [1.82, 2.24) is 0 Å². The van der Waals surface area contributed by atoms with Gasteiger partial charge in [0.05, 0.1) is 5.56 Å². The van der Waals surface area contributed by atoms with Crippen LogP contribution in [0.2, 0.25) is 0 Å². The smallest absolute Gasteiger partial charge is 0.406 e. The summed E-state index contributed by atoms with van der Waals surface area (Å²) in [7, 11) is 0. The Morgan fingerprint density at radius 1 is 0.870 bits per heavy atom. The van der Waals surface area contributed by atoms with Crippen LogP contribution in [0.3, 0.4) is 0 Å². The number of benzene rings is 2. The van der Waals surface area contributed by atoms with Crippen molar-refractivity contribution in [3.8, 4) is 5.75 Å². The van der Waals surface area contributed by atoms with Crippen molar-refractivity contribution in [2.45, 2.75) is 25.9 Å². The maximum absolute atomic E-state index is 12.7. The average Bonchev–Trinajstić information content (AvgIpc) is 2.40. The number of ether oxygens (including phenoxy) is 1. The van der Waals surface area contributed by atoms with Crippen LogP contribution in [-0.4, -0.2) is 6.36 Å². The third-order valence-electron chi connectivity index (χ3n) is 3.14. The molecule has 0 aliphatic heterocycles. The van der Waals surface area contributed by atoms with E-state index in [0.29, 0.717) is 11.1 Å². The summed E-state index contributed by atoms with van der Waals surface area (Å²) in [6, 6.07) is 8.84. The zero-order valence-electron chi connectivity index (χ0n) is 11.9. The second-order valence-corrected chi connectivity index (χ2v) is 5.02. The van der Waals surface area contributed by atoms with Gasteiger partial charge >= 0.3 is 12.5 Å². The van der Waals surface area contributed by atoms with E-state index in [1.54, 1.807) is 6.07 Å². The van der Waals surface area contributed by atoms with Crippen LogP contribution in [0.25, 0.3) is 0 Å². The molecule has 0 aliphatic carbocycles. The van der Waals surface area contributed by atoms with Crippen molar-refractivity contribution in [3.63, 3.8) is 0 Å². The molecule has 0 N–H and O–H groups in total. The van der Waals surface area contributed by atoms with Gasteiger partial charge in [0.25, 0.3) is 0 Å². The van der Waals surface area contributed by atoms with Crippen molar-refractivity contribution in [2.75, 3.05) is 0 Å². The number of hydrogen-bond acceptors (Lipinski definition) is 1. The van der Waals surface area contributed by atoms with Gasteiger partial charge in [0.15, 0.2) is 0 Å². The van der Waals surface area contributed by atoms with Crippen LogP contribution in [0.15, 0.2) is 42.5 Å². The van der Waals surface area contributed by atoms with Crippen molar-refractivity contribution in [2.24, 2.45) is 0 Å². The topological polar surface area (TPSA) is 9.23 Å². The maximum atomic E-state index is 12.7. The summed E-state index contributed by atoms with van der Waals surface area (Å²) in [6.07, 6.45) is -9.22. The highest BCUT2D eigenvalue weighted by Gasteiger charge is 2.32. The van der Waals surface area contributed by atoms with Gasteiger partial charge in [-0.2, -0.15) is 13.2 Å². The molecule has 0 saturated heterocycles. The van der Waals surface area contributed by atoms with Gasteiger partial charge in [-0.3, -0.25) is 0 Å². The first-order valence-electron chi connectivity index (χ1n) is 6.56. The van der Waals surface area contributed by atoms with Gasteiger partial charge in [0, 0.05) is 0 Å². The summed E-state index contributed by atoms with van der Waals surface area (Å²) in [5, 5.41) is 0. The Morgan fingerprint density at radius 3 is 2.13 bits per heavy atom. The zero-order chi connectivity index (χ0) is 17.3. The Bertz CT molecular complexity index is 688. The number of rotatable bonds is 3. The second kappa shape index (κ2) is 6.14. The van der Waals surface area contributed by atoms with Crippen LogP contribution >= 0.6 is 0 Å². The zero-order valence-corrected chi connectivity index (χ0v) is 11.9. The van der Waals surface area contributed by atoms with Gasteiger partial charge in [-0.25, -0.2) is 0 Å². The third kappa shape index (κ3) is 4.91. The molecule has 0 saturated carbocycles. The molecule has 0 amide bonds. The van der Waals surface area contributed by atoms with E-state index in [-0.39, 0.29) is 17.7 Å². The van der Waals surface area contributed by atoms with E-state index in [2.05, 4.69) is 4.74 Å². The standard InChI is InChI=1S/C16H12F6O/c1-10-5-6-12(9-14(10)23-16(20,21)22)7-11-3-2-4-13(8-11)15(17,18)19/h2-6,8-9H,7H2,1H3. The Labute approximate surface area is 128 Å². The number of alkyl halides is 6. The number of halogens is 6. The number of aryl methyl sites for hydroxylation is 1. The van der Waals surface area contributed by atoms with Crippen molar-refractivity contribution < 1.29 is 31.1 Å². The van der Waals surface area contributed by atoms with E-state index < -0.39 is 18.1 Å². The van der Waals surface area contributed by atoms with Gasteiger partial charge < -0.3 is 4.74 Å². The fourth-order valence-corrected chi connectivity index (χ4v) is 2.08. The molecule has 124 valence electrons. The van der Waals surface area contributed by atoms with Crippen LogP contribution in [0, 0.1) is 6.92 Å². The maximum Gasteiger partial charge on any atom is 0.573 e. The molecular weight excluding hydrogens is 322 g/mol. The largest absolute Gasteiger partial charge is 0.573 e. The summed E-state index contributed by atoms with van der Waals surface area (Å²) < 4.78 is 78.9. The molecule has 0 aromatic heterocycles. The quantitative estimate of drug-likeness (QED) is 0.673.